The molecule has 7 heteroatoms. The molecule has 0 fully saturated rings. The molecule has 1 unspecified atom stereocenters. The zero-order chi connectivity index (χ0) is 14.3. The van der Waals surface area contributed by atoms with Gasteiger partial charge in [0.2, 0.25) is 11.8 Å². The van der Waals surface area contributed by atoms with Crippen LogP contribution in [0.1, 0.15) is 29.2 Å². The van der Waals surface area contributed by atoms with Crippen LogP contribution in [0.3, 0.4) is 0 Å². The summed E-state index contributed by atoms with van der Waals surface area (Å²) in [5.74, 6) is 0.0184. The molecular formula is C13H11N3O4. The summed E-state index contributed by atoms with van der Waals surface area (Å²) in [5.41, 5.74) is 2.40. The summed E-state index contributed by atoms with van der Waals surface area (Å²) < 4.78 is 5.08. The number of non-ortho nitro benzene ring substituents is 1. The van der Waals surface area contributed by atoms with Crippen LogP contribution in [0.4, 0.5) is 11.6 Å². The number of aromatic nitrogens is 1. The van der Waals surface area contributed by atoms with Crippen LogP contribution in [0.2, 0.25) is 0 Å². The summed E-state index contributed by atoms with van der Waals surface area (Å²) in [6, 6.07) is 6.20. The Morgan fingerprint density at radius 2 is 2.10 bits per heavy atom. The van der Waals surface area contributed by atoms with Crippen LogP contribution < -0.4 is 5.32 Å². The van der Waals surface area contributed by atoms with E-state index < -0.39 is 4.92 Å². The minimum atomic E-state index is -0.451. The lowest BCUT2D eigenvalue weighted by molar-refractivity contribution is -0.384. The monoisotopic (exact) mass is 273 g/mol. The number of carbonyl (C=O) groups excluding carboxylic acids is 1. The molecular weight excluding hydrogens is 262 g/mol. The molecule has 0 saturated carbocycles. The van der Waals surface area contributed by atoms with Gasteiger partial charge in [-0.05, 0) is 12.5 Å². The lowest BCUT2D eigenvalue weighted by Gasteiger charge is -2.21. The number of rotatable bonds is 2. The van der Waals surface area contributed by atoms with Crippen LogP contribution in [0.5, 0.6) is 0 Å². The number of carbonyl (C=O) groups is 1. The van der Waals surface area contributed by atoms with E-state index in [9.17, 15) is 14.9 Å². The van der Waals surface area contributed by atoms with Crippen molar-refractivity contribution in [3.05, 3.63) is 51.2 Å². The van der Waals surface area contributed by atoms with Crippen molar-refractivity contribution in [3.8, 4) is 0 Å². The van der Waals surface area contributed by atoms with Crippen LogP contribution in [0.15, 0.2) is 28.8 Å². The molecule has 1 aliphatic rings. The first-order valence-electron chi connectivity index (χ1n) is 6.06. The van der Waals surface area contributed by atoms with E-state index in [2.05, 4.69) is 10.5 Å². The summed E-state index contributed by atoms with van der Waals surface area (Å²) in [5, 5.41) is 17.2. The van der Waals surface area contributed by atoms with Crippen LogP contribution in [0.25, 0.3) is 0 Å². The van der Waals surface area contributed by atoms with Crippen molar-refractivity contribution in [1.82, 2.24) is 5.16 Å². The number of nitrogens with one attached hydrogen (secondary N) is 1. The van der Waals surface area contributed by atoms with E-state index in [1.165, 1.54) is 12.1 Å². The summed E-state index contributed by atoms with van der Waals surface area (Å²) in [6.07, 6.45) is 0.271. The Labute approximate surface area is 113 Å². The van der Waals surface area contributed by atoms with Gasteiger partial charge in [0.15, 0.2) is 0 Å². The molecule has 2 aromatic rings. The minimum absolute atomic E-state index is 0.0243. The second-order valence-electron chi connectivity index (χ2n) is 4.66. The van der Waals surface area contributed by atoms with E-state index in [1.807, 2.05) is 0 Å². The Kier molecular flexibility index (Phi) is 2.74. The second-order valence-corrected chi connectivity index (χ2v) is 4.66. The number of nitro groups is 1. The highest BCUT2D eigenvalue weighted by molar-refractivity contribution is 5.93. The Morgan fingerprint density at radius 3 is 2.75 bits per heavy atom. The third kappa shape index (κ3) is 1.93. The van der Waals surface area contributed by atoms with Crippen molar-refractivity contribution in [3.63, 3.8) is 0 Å². The van der Waals surface area contributed by atoms with Gasteiger partial charge in [-0.2, -0.15) is 0 Å². The molecule has 102 valence electrons. The normalized spacial score (nSPS) is 17.4. The number of anilines is 1. The maximum Gasteiger partial charge on any atom is 0.269 e. The van der Waals surface area contributed by atoms with Gasteiger partial charge in [0.1, 0.15) is 0 Å². The standard InChI is InChI=1S/C13H11N3O4/c1-7-12-10(6-11(17)14-13(12)20-15-7)8-2-4-9(5-3-8)16(18)19/h2-5,10H,6H2,1H3,(H,14,17). The molecule has 1 aromatic carbocycles. The predicted molar refractivity (Wildman–Crippen MR) is 69.4 cm³/mol. The number of hydrogen-bond donors (Lipinski definition) is 1. The highest BCUT2D eigenvalue weighted by Crippen LogP contribution is 2.39. The van der Waals surface area contributed by atoms with Crippen molar-refractivity contribution >= 4 is 17.5 Å². The number of hydrogen-bond acceptors (Lipinski definition) is 5. The SMILES string of the molecule is Cc1noc2c1C(c1ccc([N+](=O)[O-])cc1)CC(=O)N2. The molecule has 1 aliphatic heterocycles. The van der Waals surface area contributed by atoms with Gasteiger partial charge >= 0.3 is 0 Å². The first-order chi connectivity index (χ1) is 9.56. The largest absolute Gasteiger partial charge is 0.338 e. The lowest BCUT2D eigenvalue weighted by atomic mass is 9.86. The topological polar surface area (TPSA) is 98.3 Å². The Morgan fingerprint density at radius 1 is 1.40 bits per heavy atom. The van der Waals surface area contributed by atoms with Crippen molar-refractivity contribution in [2.75, 3.05) is 5.32 Å². The van der Waals surface area contributed by atoms with E-state index in [1.54, 1.807) is 19.1 Å². The van der Waals surface area contributed by atoms with Gasteiger partial charge in [0.05, 0.1) is 10.6 Å². The average Bonchev–Trinajstić information content (AvgIpc) is 2.79. The number of benzene rings is 1. The van der Waals surface area contributed by atoms with Crippen LogP contribution in [-0.2, 0) is 4.79 Å². The fourth-order valence-corrected chi connectivity index (χ4v) is 2.46. The first kappa shape index (κ1) is 12.3. The van der Waals surface area contributed by atoms with Gasteiger partial charge in [-0.25, -0.2) is 0 Å². The number of fused-ring (bicyclic) bond motifs is 1. The van der Waals surface area contributed by atoms with Crippen molar-refractivity contribution in [2.45, 2.75) is 19.3 Å². The first-order valence-corrected chi connectivity index (χ1v) is 6.06. The molecule has 0 radical (unpaired) electrons. The van der Waals surface area contributed by atoms with Gasteiger partial charge in [0.25, 0.3) is 5.69 Å². The minimum Gasteiger partial charge on any atom is -0.338 e. The number of nitro benzene ring substituents is 1. The van der Waals surface area contributed by atoms with Crippen molar-refractivity contribution < 1.29 is 14.2 Å². The molecule has 7 nitrogen and oxygen atoms in total. The maximum absolute atomic E-state index is 11.7. The molecule has 1 aromatic heterocycles. The fraction of sp³-hybridized carbons (Fsp3) is 0.231. The van der Waals surface area contributed by atoms with Crippen LogP contribution >= 0.6 is 0 Å². The smallest absolute Gasteiger partial charge is 0.269 e. The third-order valence-electron chi connectivity index (χ3n) is 3.41. The third-order valence-corrected chi connectivity index (χ3v) is 3.41. The van der Waals surface area contributed by atoms with E-state index in [4.69, 9.17) is 4.52 Å². The molecule has 2 heterocycles. The average molecular weight is 273 g/mol. The highest BCUT2D eigenvalue weighted by Gasteiger charge is 2.32. The summed E-state index contributed by atoms with van der Waals surface area (Å²) >= 11 is 0. The Balaban J connectivity index is 2.03. The molecule has 0 bridgehead atoms. The van der Waals surface area contributed by atoms with Crippen molar-refractivity contribution in [2.24, 2.45) is 0 Å². The Hall–Kier alpha value is -2.70. The van der Waals surface area contributed by atoms with E-state index in [0.717, 1.165) is 11.1 Å². The molecule has 1 atom stereocenters. The number of nitrogens with zero attached hydrogens (tertiary/aromatic N) is 2. The predicted octanol–water partition coefficient (Wildman–Crippen LogP) is 2.37. The molecule has 1 amide bonds. The molecule has 0 aliphatic carbocycles. The summed E-state index contributed by atoms with van der Waals surface area (Å²) in [7, 11) is 0. The summed E-state index contributed by atoms with van der Waals surface area (Å²) in [4.78, 5) is 21.9. The van der Waals surface area contributed by atoms with Crippen LogP contribution in [-0.4, -0.2) is 16.0 Å². The fourth-order valence-electron chi connectivity index (χ4n) is 2.46. The van der Waals surface area contributed by atoms with Crippen LogP contribution in [0, 0.1) is 17.0 Å². The van der Waals surface area contributed by atoms with Gasteiger partial charge in [-0.3, -0.25) is 20.2 Å². The van der Waals surface area contributed by atoms with Gasteiger partial charge in [-0.1, -0.05) is 17.3 Å². The molecule has 20 heavy (non-hydrogen) atoms. The number of amides is 1. The van der Waals surface area contributed by atoms with Gasteiger partial charge in [-0.15, -0.1) is 0 Å². The maximum atomic E-state index is 11.7. The van der Waals surface area contributed by atoms with E-state index in [0.29, 0.717) is 11.6 Å². The zero-order valence-corrected chi connectivity index (χ0v) is 10.6. The molecule has 1 N–H and O–H groups in total. The lowest BCUT2D eigenvalue weighted by Crippen LogP contribution is -2.22. The van der Waals surface area contributed by atoms with E-state index >= 15 is 0 Å². The van der Waals surface area contributed by atoms with E-state index in [-0.39, 0.29) is 23.9 Å². The molecule has 3 rings (SSSR count). The zero-order valence-electron chi connectivity index (χ0n) is 10.6. The van der Waals surface area contributed by atoms with Gasteiger partial charge < -0.3 is 4.52 Å². The highest BCUT2D eigenvalue weighted by atomic mass is 16.6. The quantitative estimate of drug-likeness (QED) is 0.669. The van der Waals surface area contributed by atoms with Crippen molar-refractivity contribution in [1.29, 1.82) is 0 Å². The summed E-state index contributed by atoms with van der Waals surface area (Å²) in [6.45, 7) is 1.80. The van der Waals surface area contributed by atoms with Gasteiger partial charge in [0, 0.05) is 30.0 Å². The molecule has 0 saturated heterocycles. The Bertz CT molecular complexity index is 690. The molecule has 0 spiro atoms. The number of aryl methyl sites for hydroxylation is 1. The second kappa shape index (κ2) is 4.44.